The minimum absolute atomic E-state index is 0.0730. The van der Waals surface area contributed by atoms with Crippen LogP contribution >= 0.6 is 31.9 Å². The molecule has 0 saturated heterocycles. The monoisotopic (exact) mass is 595 g/mol. The standard InChI is InChI=1S/C28H23Br2NO4/c1-16(2)12-13-34-21-5-3-4-17(14-21)25-24-26(32)22-15-19(30)8-11-23(22)35-27(24)28(33)31(25)20-9-6-18(29)7-10-20/h3-11,14-16,25H,12-13H2,1-2H3. The molecule has 1 atom stereocenters. The van der Waals surface area contributed by atoms with Gasteiger partial charge in [-0.2, -0.15) is 0 Å². The molecule has 0 spiro atoms. The molecule has 35 heavy (non-hydrogen) atoms. The summed E-state index contributed by atoms with van der Waals surface area (Å²) in [4.78, 5) is 29.1. The molecule has 3 aromatic carbocycles. The molecular formula is C28H23Br2NO4. The summed E-state index contributed by atoms with van der Waals surface area (Å²) in [6, 6.07) is 19.6. The molecule has 1 amide bonds. The average molecular weight is 597 g/mol. The summed E-state index contributed by atoms with van der Waals surface area (Å²) in [7, 11) is 0. The lowest BCUT2D eigenvalue weighted by atomic mass is 9.98. The highest BCUT2D eigenvalue weighted by atomic mass is 79.9. The number of nitrogens with zero attached hydrogens (tertiary/aromatic N) is 1. The third kappa shape index (κ3) is 4.55. The highest BCUT2D eigenvalue weighted by Crippen LogP contribution is 2.42. The molecule has 2 heterocycles. The zero-order valence-corrected chi connectivity index (χ0v) is 22.4. The van der Waals surface area contributed by atoms with Crippen LogP contribution in [0.5, 0.6) is 5.75 Å². The van der Waals surface area contributed by atoms with E-state index in [0.717, 1.165) is 20.9 Å². The molecule has 1 aromatic heterocycles. The first-order valence-corrected chi connectivity index (χ1v) is 13.0. The number of rotatable bonds is 6. The van der Waals surface area contributed by atoms with Crippen molar-refractivity contribution < 1.29 is 13.9 Å². The number of carbonyl (C=O) groups is 1. The fourth-order valence-corrected chi connectivity index (χ4v) is 4.94. The Kier molecular flexibility index (Phi) is 6.55. The first-order valence-electron chi connectivity index (χ1n) is 11.4. The Morgan fingerprint density at radius 2 is 1.71 bits per heavy atom. The van der Waals surface area contributed by atoms with Crippen LogP contribution in [0.3, 0.4) is 0 Å². The molecule has 0 fully saturated rings. The molecule has 5 nitrogen and oxygen atoms in total. The van der Waals surface area contributed by atoms with Gasteiger partial charge in [-0.15, -0.1) is 0 Å². The second-order valence-electron chi connectivity index (χ2n) is 8.97. The quantitative estimate of drug-likeness (QED) is 0.231. The molecule has 0 bridgehead atoms. The van der Waals surface area contributed by atoms with Gasteiger partial charge in [0.05, 0.1) is 23.6 Å². The van der Waals surface area contributed by atoms with Gasteiger partial charge in [0.1, 0.15) is 11.3 Å². The number of amides is 1. The van der Waals surface area contributed by atoms with Gasteiger partial charge in [-0.25, -0.2) is 0 Å². The van der Waals surface area contributed by atoms with Gasteiger partial charge in [0, 0.05) is 14.6 Å². The molecule has 0 saturated carbocycles. The van der Waals surface area contributed by atoms with E-state index < -0.39 is 6.04 Å². The second-order valence-corrected chi connectivity index (χ2v) is 10.8. The van der Waals surface area contributed by atoms with E-state index in [-0.39, 0.29) is 17.1 Å². The molecule has 0 radical (unpaired) electrons. The van der Waals surface area contributed by atoms with E-state index in [1.165, 1.54) is 0 Å². The maximum Gasteiger partial charge on any atom is 0.295 e. The smallest absolute Gasteiger partial charge is 0.295 e. The summed E-state index contributed by atoms with van der Waals surface area (Å²) >= 11 is 6.90. The van der Waals surface area contributed by atoms with E-state index in [0.29, 0.717) is 40.5 Å². The Labute approximate surface area is 220 Å². The maximum atomic E-state index is 13.8. The summed E-state index contributed by atoms with van der Waals surface area (Å²) < 4.78 is 13.7. The Hall–Kier alpha value is -2.90. The lowest BCUT2D eigenvalue weighted by molar-refractivity contribution is 0.0971. The van der Waals surface area contributed by atoms with Crippen LogP contribution in [0.2, 0.25) is 0 Å². The van der Waals surface area contributed by atoms with Crippen LogP contribution in [0.4, 0.5) is 5.69 Å². The Balaban J connectivity index is 1.68. The third-order valence-electron chi connectivity index (χ3n) is 6.07. The number of benzene rings is 3. The van der Waals surface area contributed by atoms with Crippen LogP contribution < -0.4 is 15.1 Å². The number of anilines is 1. The number of fused-ring (bicyclic) bond motifs is 2. The van der Waals surface area contributed by atoms with Gasteiger partial charge in [0.25, 0.3) is 5.91 Å². The minimum Gasteiger partial charge on any atom is -0.494 e. The molecule has 0 aliphatic carbocycles. The first kappa shape index (κ1) is 23.8. The summed E-state index contributed by atoms with van der Waals surface area (Å²) in [5.41, 5.74) is 1.95. The topological polar surface area (TPSA) is 59.8 Å². The fraction of sp³-hybridized carbons (Fsp3) is 0.214. The lowest BCUT2D eigenvalue weighted by Crippen LogP contribution is -2.29. The van der Waals surface area contributed by atoms with E-state index in [1.54, 1.807) is 23.1 Å². The molecule has 1 aliphatic heterocycles. The number of ether oxygens (including phenoxy) is 1. The van der Waals surface area contributed by atoms with E-state index in [4.69, 9.17) is 9.15 Å². The Morgan fingerprint density at radius 3 is 2.46 bits per heavy atom. The van der Waals surface area contributed by atoms with Gasteiger partial charge in [-0.1, -0.05) is 57.8 Å². The van der Waals surface area contributed by atoms with Crippen molar-refractivity contribution in [2.45, 2.75) is 26.3 Å². The molecule has 7 heteroatoms. The minimum atomic E-state index is -0.646. The number of hydrogen-bond donors (Lipinski definition) is 0. The van der Waals surface area contributed by atoms with Gasteiger partial charge in [-0.05, 0) is 72.5 Å². The largest absolute Gasteiger partial charge is 0.494 e. The van der Waals surface area contributed by atoms with Crippen molar-refractivity contribution in [1.82, 2.24) is 0 Å². The van der Waals surface area contributed by atoms with Crippen LogP contribution in [0, 0.1) is 5.92 Å². The number of hydrogen-bond acceptors (Lipinski definition) is 4. The van der Waals surface area contributed by atoms with Crippen LogP contribution in [0.15, 0.2) is 84.9 Å². The van der Waals surface area contributed by atoms with Crippen molar-refractivity contribution in [3.05, 3.63) is 103 Å². The average Bonchev–Trinajstić information content (AvgIpc) is 3.13. The van der Waals surface area contributed by atoms with E-state index in [2.05, 4.69) is 45.7 Å². The molecule has 1 unspecified atom stereocenters. The molecular weight excluding hydrogens is 574 g/mol. The Bertz CT molecular complexity index is 1480. The maximum absolute atomic E-state index is 13.8. The van der Waals surface area contributed by atoms with Crippen molar-refractivity contribution in [2.75, 3.05) is 11.5 Å². The predicted molar refractivity (Wildman–Crippen MR) is 144 cm³/mol. The van der Waals surface area contributed by atoms with E-state index in [9.17, 15) is 9.59 Å². The van der Waals surface area contributed by atoms with Crippen molar-refractivity contribution >= 4 is 54.4 Å². The van der Waals surface area contributed by atoms with E-state index in [1.807, 2.05) is 48.5 Å². The van der Waals surface area contributed by atoms with Crippen molar-refractivity contribution in [2.24, 2.45) is 5.92 Å². The summed E-state index contributed by atoms with van der Waals surface area (Å²) in [5, 5.41) is 0.429. The fourth-order valence-electron chi connectivity index (χ4n) is 4.32. The summed E-state index contributed by atoms with van der Waals surface area (Å²) in [6.07, 6.45) is 0.935. The highest BCUT2D eigenvalue weighted by Gasteiger charge is 2.43. The number of halogens is 2. The van der Waals surface area contributed by atoms with E-state index >= 15 is 0 Å². The van der Waals surface area contributed by atoms with Gasteiger partial charge in [-0.3, -0.25) is 14.5 Å². The predicted octanol–water partition coefficient (Wildman–Crippen LogP) is 7.49. The molecule has 4 aromatic rings. The van der Waals surface area contributed by atoms with Gasteiger partial charge < -0.3 is 9.15 Å². The highest BCUT2D eigenvalue weighted by molar-refractivity contribution is 9.10. The van der Waals surface area contributed by atoms with Gasteiger partial charge in [0.15, 0.2) is 5.43 Å². The molecule has 178 valence electrons. The summed E-state index contributed by atoms with van der Waals surface area (Å²) in [6.45, 7) is 4.90. The first-order chi connectivity index (χ1) is 16.8. The molecule has 0 N–H and O–H groups in total. The zero-order valence-electron chi connectivity index (χ0n) is 19.3. The molecule has 1 aliphatic rings. The third-order valence-corrected chi connectivity index (χ3v) is 7.10. The second kappa shape index (κ2) is 9.63. The van der Waals surface area contributed by atoms with Gasteiger partial charge >= 0.3 is 0 Å². The van der Waals surface area contributed by atoms with Crippen LogP contribution in [0.25, 0.3) is 11.0 Å². The molecule has 5 rings (SSSR count). The van der Waals surface area contributed by atoms with Crippen LogP contribution in [0.1, 0.15) is 48.0 Å². The zero-order chi connectivity index (χ0) is 24.7. The normalized spacial score (nSPS) is 15.2. The lowest BCUT2D eigenvalue weighted by Gasteiger charge is -2.25. The SMILES string of the molecule is CC(C)CCOc1cccc(C2c3c(oc4ccc(Br)cc4c3=O)C(=O)N2c2ccc(Br)cc2)c1. The Morgan fingerprint density at radius 1 is 0.971 bits per heavy atom. The van der Waals surface area contributed by atoms with Crippen LogP contribution in [-0.4, -0.2) is 12.5 Å². The summed E-state index contributed by atoms with van der Waals surface area (Å²) in [5.74, 6) is 0.958. The van der Waals surface area contributed by atoms with Crippen LogP contribution in [-0.2, 0) is 0 Å². The van der Waals surface area contributed by atoms with Crippen molar-refractivity contribution in [3.8, 4) is 5.75 Å². The van der Waals surface area contributed by atoms with Gasteiger partial charge in [0.2, 0.25) is 5.76 Å². The van der Waals surface area contributed by atoms with Crippen molar-refractivity contribution in [3.63, 3.8) is 0 Å². The number of carbonyl (C=O) groups excluding carboxylic acids is 1. The van der Waals surface area contributed by atoms with Crippen molar-refractivity contribution in [1.29, 1.82) is 0 Å².